The van der Waals surface area contributed by atoms with Crippen LogP contribution in [0.2, 0.25) is 0 Å². The van der Waals surface area contributed by atoms with Crippen LogP contribution in [0.1, 0.15) is 35.4 Å². The Kier molecular flexibility index (Phi) is 6.04. The Bertz CT molecular complexity index is 1150. The van der Waals surface area contributed by atoms with Gasteiger partial charge < -0.3 is 19.8 Å². The lowest BCUT2D eigenvalue weighted by molar-refractivity contribution is -0.137. The summed E-state index contributed by atoms with van der Waals surface area (Å²) in [5.41, 5.74) is 1.14. The number of rotatable bonds is 4. The van der Waals surface area contributed by atoms with E-state index in [9.17, 15) is 18.3 Å². The standard InChI is InChI=1S/C23H26F3N5O2/c1-12-20(19-13(2)30-33-14(19)3)28-22(17-11-16(32)5-6-18(17)23(24,25)26)29-21(12)27-15-7-9-31(4)10-8-15/h5-6,11,15,32H,7-10H2,1-4H3,(H,27,28,29). The predicted octanol–water partition coefficient (Wildman–Crippen LogP) is 4.95. The monoisotopic (exact) mass is 461 g/mol. The van der Waals surface area contributed by atoms with E-state index < -0.39 is 11.7 Å². The number of phenols is 1. The molecular weight excluding hydrogens is 435 g/mol. The van der Waals surface area contributed by atoms with Crippen LogP contribution in [-0.4, -0.2) is 51.3 Å². The van der Waals surface area contributed by atoms with E-state index in [-0.39, 0.29) is 23.2 Å². The SMILES string of the molecule is Cc1noc(C)c1-c1nc(-c2cc(O)ccc2C(F)(F)F)nc(NC2CCN(C)CC2)c1C. The van der Waals surface area contributed by atoms with Crippen LogP contribution >= 0.6 is 0 Å². The molecule has 0 spiro atoms. The molecule has 0 atom stereocenters. The third kappa shape index (κ3) is 4.66. The second-order valence-corrected chi connectivity index (χ2v) is 8.52. The maximum atomic E-state index is 13.8. The van der Waals surface area contributed by atoms with Crippen molar-refractivity contribution in [2.24, 2.45) is 0 Å². The molecule has 2 N–H and O–H groups in total. The number of aromatic nitrogens is 3. The number of alkyl halides is 3. The minimum Gasteiger partial charge on any atom is -0.508 e. The van der Waals surface area contributed by atoms with Crippen LogP contribution in [0.25, 0.3) is 22.6 Å². The first-order chi connectivity index (χ1) is 15.5. The van der Waals surface area contributed by atoms with E-state index >= 15 is 0 Å². The predicted molar refractivity (Wildman–Crippen MR) is 118 cm³/mol. The van der Waals surface area contributed by atoms with Gasteiger partial charge in [0.05, 0.1) is 22.5 Å². The smallest absolute Gasteiger partial charge is 0.417 e. The summed E-state index contributed by atoms with van der Waals surface area (Å²) < 4.78 is 46.6. The summed E-state index contributed by atoms with van der Waals surface area (Å²) in [6.45, 7) is 7.14. The molecule has 1 aliphatic heterocycles. The number of aromatic hydroxyl groups is 1. The van der Waals surface area contributed by atoms with Gasteiger partial charge in [-0.15, -0.1) is 0 Å². The fourth-order valence-electron chi connectivity index (χ4n) is 4.15. The topological polar surface area (TPSA) is 87.3 Å². The van der Waals surface area contributed by atoms with Gasteiger partial charge in [0.25, 0.3) is 0 Å². The van der Waals surface area contributed by atoms with Crippen molar-refractivity contribution in [2.75, 3.05) is 25.5 Å². The Morgan fingerprint density at radius 3 is 2.42 bits per heavy atom. The van der Waals surface area contributed by atoms with Crippen LogP contribution in [0.3, 0.4) is 0 Å². The van der Waals surface area contributed by atoms with E-state index in [1.165, 1.54) is 0 Å². The second-order valence-electron chi connectivity index (χ2n) is 8.52. The zero-order valence-electron chi connectivity index (χ0n) is 18.9. The summed E-state index contributed by atoms with van der Waals surface area (Å²) in [5.74, 6) is 0.540. The molecule has 0 saturated carbocycles. The van der Waals surface area contributed by atoms with E-state index in [2.05, 4.69) is 32.4 Å². The fourth-order valence-corrected chi connectivity index (χ4v) is 4.15. The zero-order valence-corrected chi connectivity index (χ0v) is 18.9. The molecule has 33 heavy (non-hydrogen) atoms. The summed E-state index contributed by atoms with van der Waals surface area (Å²) in [4.78, 5) is 11.3. The largest absolute Gasteiger partial charge is 0.508 e. The molecule has 2 aromatic heterocycles. The second kappa shape index (κ2) is 8.66. The number of nitrogens with one attached hydrogen (secondary N) is 1. The molecule has 0 bridgehead atoms. The lowest BCUT2D eigenvalue weighted by atomic mass is 10.0. The van der Waals surface area contributed by atoms with Gasteiger partial charge in [0.15, 0.2) is 5.82 Å². The molecule has 0 radical (unpaired) electrons. The van der Waals surface area contributed by atoms with Gasteiger partial charge in [-0.2, -0.15) is 13.2 Å². The number of nitrogens with zero attached hydrogens (tertiary/aromatic N) is 4. The van der Waals surface area contributed by atoms with Crippen LogP contribution < -0.4 is 5.32 Å². The Labute approximate surface area is 189 Å². The number of anilines is 1. The quantitative estimate of drug-likeness (QED) is 0.568. The molecular formula is C23H26F3N5O2. The lowest BCUT2D eigenvalue weighted by Crippen LogP contribution is -2.37. The van der Waals surface area contributed by atoms with Crippen molar-refractivity contribution in [1.82, 2.24) is 20.0 Å². The number of likely N-dealkylation sites (tertiary alicyclic amines) is 1. The number of aryl methyl sites for hydroxylation is 2. The van der Waals surface area contributed by atoms with Crippen molar-refractivity contribution in [3.8, 4) is 28.4 Å². The van der Waals surface area contributed by atoms with Gasteiger partial charge in [-0.05, 0) is 71.9 Å². The summed E-state index contributed by atoms with van der Waals surface area (Å²) in [5, 5.41) is 17.3. The Morgan fingerprint density at radius 2 is 1.82 bits per heavy atom. The van der Waals surface area contributed by atoms with Gasteiger partial charge in [-0.25, -0.2) is 9.97 Å². The third-order valence-corrected chi connectivity index (χ3v) is 6.02. The molecule has 3 heterocycles. The lowest BCUT2D eigenvalue weighted by Gasteiger charge is -2.30. The third-order valence-electron chi connectivity index (χ3n) is 6.02. The van der Waals surface area contributed by atoms with Crippen LogP contribution in [0, 0.1) is 20.8 Å². The first-order valence-corrected chi connectivity index (χ1v) is 10.7. The highest BCUT2D eigenvalue weighted by Gasteiger charge is 2.35. The van der Waals surface area contributed by atoms with Crippen LogP contribution in [-0.2, 0) is 6.18 Å². The number of benzene rings is 1. The van der Waals surface area contributed by atoms with E-state index in [4.69, 9.17) is 4.52 Å². The van der Waals surface area contributed by atoms with Crippen molar-refractivity contribution < 1.29 is 22.8 Å². The highest BCUT2D eigenvalue weighted by molar-refractivity contribution is 5.75. The molecule has 1 saturated heterocycles. The first kappa shape index (κ1) is 23.0. The molecule has 4 rings (SSSR count). The average molecular weight is 461 g/mol. The number of phenolic OH excluding ortho intramolecular Hbond substituents is 1. The Morgan fingerprint density at radius 1 is 1.12 bits per heavy atom. The van der Waals surface area contributed by atoms with Crippen LogP contribution in [0.15, 0.2) is 22.7 Å². The molecule has 10 heteroatoms. The normalized spacial score (nSPS) is 15.7. The number of piperidine rings is 1. The van der Waals surface area contributed by atoms with Gasteiger partial charge in [0.2, 0.25) is 0 Å². The fraction of sp³-hybridized carbons (Fsp3) is 0.435. The first-order valence-electron chi connectivity index (χ1n) is 10.7. The number of hydrogen-bond acceptors (Lipinski definition) is 7. The van der Waals surface area contributed by atoms with E-state index in [0.717, 1.165) is 44.1 Å². The molecule has 0 aliphatic carbocycles. The van der Waals surface area contributed by atoms with Gasteiger partial charge in [0.1, 0.15) is 17.3 Å². The Hall–Kier alpha value is -3.14. The van der Waals surface area contributed by atoms with E-state index in [1.54, 1.807) is 13.8 Å². The highest BCUT2D eigenvalue weighted by atomic mass is 19.4. The summed E-state index contributed by atoms with van der Waals surface area (Å²) >= 11 is 0. The van der Waals surface area contributed by atoms with Crippen molar-refractivity contribution >= 4 is 5.82 Å². The molecule has 1 aliphatic rings. The van der Waals surface area contributed by atoms with Gasteiger partial charge >= 0.3 is 6.18 Å². The molecule has 0 unspecified atom stereocenters. The van der Waals surface area contributed by atoms with Crippen LogP contribution in [0.4, 0.5) is 19.0 Å². The molecule has 3 aromatic rings. The van der Waals surface area contributed by atoms with E-state index in [1.807, 2.05) is 6.92 Å². The summed E-state index contributed by atoms with van der Waals surface area (Å²) in [7, 11) is 2.06. The molecule has 1 aromatic carbocycles. The van der Waals surface area contributed by atoms with E-state index in [0.29, 0.717) is 34.1 Å². The van der Waals surface area contributed by atoms with Crippen LogP contribution in [0.5, 0.6) is 5.75 Å². The molecule has 7 nitrogen and oxygen atoms in total. The maximum absolute atomic E-state index is 13.8. The molecule has 176 valence electrons. The average Bonchev–Trinajstić information content (AvgIpc) is 3.08. The van der Waals surface area contributed by atoms with Crippen molar-refractivity contribution in [1.29, 1.82) is 0 Å². The van der Waals surface area contributed by atoms with Crippen molar-refractivity contribution in [2.45, 2.75) is 45.8 Å². The highest BCUT2D eigenvalue weighted by Crippen LogP contribution is 2.40. The van der Waals surface area contributed by atoms with Gasteiger partial charge in [-0.3, -0.25) is 0 Å². The van der Waals surface area contributed by atoms with Crippen molar-refractivity contribution in [3.63, 3.8) is 0 Å². The number of hydrogen-bond donors (Lipinski definition) is 2. The Balaban J connectivity index is 1.90. The van der Waals surface area contributed by atoms with Gasteiger partial charge in [-0.1, -0.05) is 5.16 Å². The maximum Gasteiger partial charge on any atom is 0.417 e. The summed E-state index contributed by atoms with van der Waals surface area (Å²) in [6.07, 6.45) is -2.87. The molecule has 1 fully saturated rings. The molecule has 0 amide bonds. The van der Waals surface area contributed by atoms with Crippen molar-refractivity contribution in [3.05, 3.63) is 40.8 Å². The zero-order chi connectivity index (χ0) is 23.9. The minimum absolute atomic E-state index is 0.130. The number of halogens is 3. The summed E-state index contributed by atoms with van der Waals surface area (Å²) in [6, 6.07) is 3.02. The van der Waals surface area contributed by atoms with Gasteiger partial charge in [0, 0.05) is 17.2 Å². The minimum atomic E-state index is -4.64.